The van der Waals surface area contributed by atoms with E-state index in [0.29, 0.717) is 32.7 Å². The zero-order valence-corrected chi connectivity index (χ0v) is 6.91. The third-order valence-electron chi connectivity index (χ3n) is 1.69. The summed E-state index contributed by atoms with van der Waals surface area (Å²) in [7, 11) is 0. The van der Waals surface area contributed by atoms with Gasteiger partial charge in [-0.15, -0.1) is 12.3 Å². The molecule has 1 saturated heterocycles. The van der Waals surface area contributed by atoms with Gasteiger partial charge in [0.15, 0.2) is 5.78 Å². The predicted molar refractivity (Wildman–Crippen MR) is 43.6 cm³/mol. The highest BCUT2D eigenvalue weighted by molar-refractivity contribution is 5.83. The molecule has 1 fully saturated rings. The molecule has 0 aliphatic carbocycles. The Morgan fingerprint density at radius 3 is 3.00 bits per heavy atom. The SMILES string of the molecule is C#CCCC(=O)C1COCCO1. The first-order valence-corrected chi connectivity index (χ1v) is 4.00. The lowest BCUT2D eigenvalue weighted by Crippen LogP contribution is -2.35. The quantitative estimate of drug-likeness (QED) is 0.572. The Bertz CT molecular complexity index is 186. The summed E-state index contributed by atoms with van der Waals surface area (Å²) >= 11 is 0. The molecule has 1 aliphatic heterocycles. The number of Topliss-reactive ketones (excluding diaryl/α,β-unsaturated/α-hetero) is 1. The second-order valence-corrected chi connectivity index (χ2v) is 2.60. The van der Waals surface area contributed by atoms with Gasteiger partial charge < -0.3 is 9.47 Å². The Hall–Kier alpha value is -0.850. The Kier molecular flexibility index (Phi) is 3.78. The van der Waals surface area contributed by atoms with Crippen molar-refractivity contribution in [2.45, 2.75) is 18.9 Å². The molecule has 0 bridgehead atoms. The highest BCUT2D eigenvalue weighted by atomic mass is 16.6. The second kappa shape index (κ2) is 4.91. The third kappa shape index (κ3) is 2.65. The molecule has 0 aromatic rings. The molecule has 12 heavy (non-hydrogen) atoms. The van der Waals surface area contributed by atoms with E-state index >= 15 is 0 Å². The number of terminal acetylenes is 1. The van der Waals surface area contributed by atoms with Gasteiger partial charge in [0.05, 0.1) is 19.8 Å². The van der Waals surface area contributed by atoms with Crippen molar-refractivity contribution in [1.82, 2.24) is 0 Å². The van der Waals surface area contributed by atoms with Crippen LogP contribution in [0.4, 0.5) is 0 Å². The van der Waals surface area contributed by atoms with Crippen LogP contribution in [0.2, 0.25) is 0 Å². The Balaban J connectivity index is 2.26. The average molecular weight is 168 g/mol. The molecule has 66 valence electrons. The van der Waals surface area contributed by atoms with Crippen LogP contribution < -0.4 is 0 Å². The minimum Gasteiger partial charge on any atom is -0.376 e. The number of rotatable bonds is 3. The molecule has 3 heteroatoms. The molecule has 1 aliphatic rings. The maximum Gasteiger partial charge on any atom is 0.164 e. The highest BCUT2D eigenvalue weighted by Crippen LogP contribution is 2.05. The molecule has 0 saturated carbocycles. The number of hydrogen-bond donors (Lipinski definition) is 0. The largest absolute Gasteiger partial charge is 0.376 e. The van der Waals surface area contributed by atoms with Crippen LogP contribution >= 0.6 is 0 Å². The zero-order valence-electron chi connectivity index (χ0n) is 6.91. The van der Waals surface area contributed by atoms with E-state index in [-0.39, 0.29) is 11.9 Å². The highest BCUT2D eigenvalue weighted by Gasteiger charge is 2.21. The summed E-state index contributed by atoms with van der Waals surface area (Å²) in [5, 5.41) is 0. The van der Waals surface area contributed by atoms with Crippen LogP contribution in [0, 0.1) is 12.3 Å². The normalized spacial score (nSPS) is 23.1. The van der Waals surface area contributed by atoms with Crippen molar-refractivity contribution in [3.63, 3.8) is 0 Å². The summed E-state index contributed by atoms with van der Waals surface area (Å²) in [6.45, 7) is 1.47. The molecule has 1 atom stereocenters. The van der Waals surface area contributed by atoms with Gasteiger partial charge in [-0.3, -0.25) is 4.79 Å². The van der Waals surface area contributed by atoms with Gasteiger partial charge in [-0.05, 0) is 0 Å². The molecule has 0 radical (unpaired) electrons. The predicted octanol–water partition coefficient (Wildman–Crippen LogP) is 0.384. The van der Waals surface area contributed by atoms with E-state index in [9.17, 15) is 4.79 Å². The zero-order chi connectivity index (χ0) is 8.81. The van der Waals surface area contributed by atoms with Gasteiger partial charge in [-0.2, -0.15) is 0 Å². The fraction of sp³-hybridized carbons (Fsp3) is 0.667. The van der Waals surface area contributed by atoms with Crippen molar-refractivity contribution in [3.05, 3.63) is 0 Å². The number of hydrogen-bond acceptors (Lipinski definition) is 3. The minimum absolute atomic E-state index is 0.0488. The van der Waals surface area contributed by atoms with E-state index in [1.54, 1.807) is 0 Å². The molecule has 0 aromatic carbocycles. The molecule has 0 spiro atoms. The van der Waals surface area contributed by atoms with Crippen LogP contribution in [0.5, 0.6) is 0 Å². The number of carbonyl (C=O) groups is 1. The maximum absolute atomic E-state index is 11.3. The lowest BCUT2D eigenvalue weighted by Gasteiger charge is -2.21. The maximum atomic E-state index is 11.3. The van der Waals surface area contributed by atoms with E-state index in [1.165, 1.54) is 0 Å². The smallest absolute Gasteiger partial charge is 0.164 e. The van der Waals surface area contributed by atoms with Crippen molar-refractivity contribution in [1.29, 1.82) is 0 Å². The van der Waals surface area contributed by atoms with Crippen molar-refractivity contribution >= 4 is 5.78 Å². The van der Waals surface area contributed by atoms with Crippen LogP contribution in [0.3, 0.4) is 0 Å². The van der Waals surface area contributed by atoms with Gasteiger partial charge in [-0.1, -0.05) is 0 Å². The lowest BCUT2D eigenvalue weighted by molar-refractivity contribution is -0.145. The van der Waals surface area contributed by atoms with E-state index in [2.05, 4.69) is 5.92 Å². The summed E-state index contributed by atoms with van der Waals surface area (Å²) in [5.74, 6) is 2.47. The Morgan fingerprint density at radius 2 is 2.42 bits per heavy atom. The molecule has 3 nitrogen and oxygen atoms in total. The van der Waals surface area contributed by atoms with Gasteiger partial charge in [0.25, 0.3) is 0 Å². The summed E-state index contributed by atoms with van der Waals surface area (Å²) in [4.78, 5) is 11.3. The number of carbonyl (C=O) groups excluding carboxylic acids is 1. The Labute approximate surface area is 72.0 Å². The first kappa shape index (κ1) is 9.24. The Morgan fingerprint density at radius 1 is 1.58 bits per heavy atom. The van der Waals surface area contributed by atoms with Crippen molar-refractivity contribution in [2.75, 3.05) is 19.8 Å². The molecule has 1 rings (SSSR count). The van der Waals surface area contributed by atoms with Gasteiger partial charge in [0.1, 0.15) is 6.10 Å². The number of ether oxygens (including phenoxy) is 2. The average Bonchev–Trinajstić information content (AvgIpc) is 2.15. The van der Waals surface area contributed by atoms with Gasteiger partial charge in [0, 0.05) is 12.8 Å². The second-order valence-electron chi connectivity index (χ2n) is 2.60. The van der Waals surface area contributed by atoms with Crippen LogP contribution in [0.15, 0.2) is 0 Å². The number of ketones is 1. The lowest BCUT2D eigenvalue weighted by atomic mass is 10.1. The monoisotopic (exact) mass is 168 g/mol. The molecule has 0 N–H and O–H groups in total. The van der Waals surface area contributed by atoms with Crippen LogP contribution in [0.1, 0.15) is 12.8 Å². The molecular weight excluding hydrogens is 156 g/mol. The van der Waals surface area contributed by atoms with Gasteiger partial charge in [0.2, 0.25) is 0 Å². The van der Waals surface area contributed by atoms with Crippen LogP contribution in [-0.2, 0) is 14.3 Å². The van der Waals surface area contributed by atoms with E-state index < -0.39 is 0 Å². The first-order chi connectivity index (χ1) is 5.84. The summed E-state index contributed by atoms with van der Waals surface area (Å²) < 4.78 is 10.3. The van der Waals surface area contributed by atoms with Gasteiger partial charge >= 0.3 is 0 Å². The summed E-state index contributed by atoms with van der Waals surface area (Å²) in [5.41, 5.74) is 0. The van der Waals surface area contributed by atoms with Crippen molar-refractivity contribution in [2.24, 2.45) is 0 Å². The van der Waals surface area contributed by atoms with Crippen LogP contribution in [0.25, 0.3) is 0 Å². The fourth-order valence-electron chi connectivity index (χ4n) is 1.03. The molecule has 0 amide bonds. The molecule has 1 unspecified atom stereocenters. The third-order valence-corrected chi connectivity index (χ3v) is 1.69. The molecular formula is C9H12O3. The van der Waals surface area contributed by atoms with Crippen molar-refractivity contribution < 1.29 is 14.3 Å². The minimum atomic E-state index is -0.382. The van der Waals surface area contributed by atoms with E-state index in [0.717, 1.165) is 0 Å². The summed E-state index contributed by atoms with van der Waals surface area (Å²) in [6, 6.07) is 0. The van der Waals surface area contributed by atoms with Gasteiger partial charge in [-0.25, -0.2) is 0 Å². The van der Waals surface area contributed by atoms with E-state index in [1.807, 2.05) is 0 Å². The van der Waals surface area contributed by atoms with Crippen LogP contribution in [-0.4, -0.2) is 31.7 Å². The molecule has 0 aromatic heterocycles. The van der Waals surface area contributed by atoms with Crippen molar-refractivity contribution in [3.8, 4) is 12.3 Å². The first-order valence-electron chi connectivity index (χ1n) is 4.00. The molecule has 1 heterocycles. The topological polar surface area (TPSA) is 35.5 Å². The summed E-state index contributed by atoms with van der Waals surface area (Å²) in [6.07, 6.45) is 5.53. The standard InChI is InChI=1S/C9H12O3/c1-2-3-4-8(10)9-7-11-5-6-12-9/h1,9H,3-7H2. The van der Waals surface area contributed by atoms with E-state index in [4.69, 9.17) is 15.9 Å². The fourth-order valence-corrected chi connectivity index (χ4v) is 1.03.